The molecule has 1 aliphatic heterocycles. The number of hydrogen-bond acceptors (Lipinski definition) is 7. The summed E-state index contributed by atoms with van der Waals surface area (Å²) in [5.74, 6) is -3.91. The number of carbonyl (C=O) groups excluding carboxylic acids is 5. The van der Waals surface area contributed by atoms with Gasteiger partial charge in [0.2, 0.25) is 5.76 Å². The van der Waals surface area contributed by atoms with E-state index in [1.54, 1.807) is 6.07 Å². The number of halogens is 2. The predicted molar refractivity (Wildman–Crippen MR) is 139 cm³/mol. The number of ketones is 1. The first-order valence-corrected chi connectivity index (χ1v) is 13.0. The maximum Gasteiger partial charge on any atom is 0.379 e. The molecule has 1 saturated carbocycles. The van der Waals surface area contributed by atoms with Crippen molar-refractivity contribution in [3.05, 3.63) is 87.8 Å². The van der Waals surface area contributed by atoms with Crippen molar-refractivity contribution in [1.82, 2.24) is 10.0 Å². The van der Waals surface area contributed by atoms with Gasteiger partial charge in [0.1, 0.15) is 12.3 Å². The zero-order valence-corrected chi connectivity index (χ0v) is 22.0. The number of hydrazine groups is 1. The molecule has 11 heteroatoms. The first-order chi connectivity index (χ1) is 18.7. The smallest absolute Gasteiger partial charge is 0.379 e. The van der Waals surface area contributed by atoms with Gasteiger partial charge in [-0.3, -0.25) is 19.2 Å². The van der Waals surface area contributed by atoms with Gasteiger partial charge in [0.25, 0.3) is 17.7 Å². The van der Waals surface area contributed by atoms with E-state index in [2.05, 4.69) is 0 Å². The summed E-state index contributed by atoms with van der Waals surface area (Å²) in [6.45, 7) is -0.597. The Morgan fingerprint density at radius 3 is 2.21 bits per heavy atom. The van der Waals surface area contributed by atoms with Crippen LogP contribution in [0.1, 0.15) is 57.0 Å². The summed E-state index contributed by atoms with van der Waals surface area (Å²) in [6, 6.07) is 12.9. The SMILES string of the molecule is O=C(CN(C(=O)c1ccc(Cl)cc1Cl)N1C(=O)[C@@H]2CCCC[C@H]2C1=O)c1ccc(OC(=O)c2ccco2)cc1. The summed E-state index contributed by atoms with van der Waals surface area (Å²) in [5, 5.41) is 1.99. The fraction of sp³-hybridized carbons (Fsp3) is 0.250. The van der Waals surface area contributed by atoms with Crippen molar-refractivity contribution in [2.24, 2.45) is 11.8 Å². The van der Waals surface area contributed by atoms with Crippen molar-refractivity contribution in [2.45, 2.75) is 25.7 Å². The van der Waals surface area contributed by atoms with Gasteiger partial charge in [-0.2, -0.15) is 5.01 Å². The summed E-state index contributed by atoms with van der Waals surface area (Å²) in [7, 11) is 0. The maximum absolute atomic E-state index is 13.6. The Kier molecular flexibility index (Phi) is 7.54. The van der Waals surface area contributed by atoms with Crippen molar-refractivity contribution in [3.63, 3.8) is 0 Å². The van der Waals surface area contributed by atoms with Crippen LogP contribution in [-0.2, 0) is 9.59 Å². The van der Waals surface area contributed by atoms with Crippen molar-refractivity contribution >= 4 is 52.7 Å². The molecule has 200 valence electrons. The van der Waals surface area contributed by atoms with E-state index in [4.69, 9.17) is 32.4 Å². The van der Waals surface area contributed by atoms with Crippen LogP contribution < -0.4 is 4.74 Å². The first-order valence-electron chi connectivity index (χ1n) is 12.3. The van der Waals surface area contributed by atoms with Crippen LogP contribution in [0.3, 0.4) is 0 Å². The van der Waals surface area contributed by atoms with Crippen LogP contribution in [0.2, 0.25) is 10.0 Å². The van der Waals surface area contributed by atoms with Crippen LogP contribution in [0.15, 0.2) is 65.3 Å². The summed E-state index contributed by atoms with van der Waals surface area (Å²) >= 11 is 12.2. The van der Waals surface area contributed by atoms with E-state index in [1.807, 2.05) is 0 Å². The fourth-order valence-corrected chi connectivity index (χ4v) is 5.40. The molecular formula is C28H22Cl2N2O7. The number of hydrogen-bond donors (Lipinski definition) is 0. The minimum atomic E-state index is -0.783. The minimum absolute atomic E-state index is 0.00970. The lowest BCUT2D eigenvalue weighted by molar-refractivity contribution is -0.154. The average molecular weight is 569 g/mol. The molecule has 1 aliphatic carbocycles. The number of ether oxygens (including phenoxy) is 1. The van der Waals surface area contributed by atoms with Crippen LogP contribution in [-0.4, -0.2) is 46.0 Å². The number of furan rings is 1. The normalized spacial score (nSPS) is 18.6. The number of fused-ring (bicyclic) bond motifs is 1. The van der Waals surface area contributed by atoms with Crippen molar-refractivity contribution < 1.29 is 33.1 Å². The third-order valence-corrected chi connectivity index (χ3v) is 7.41. The number of esters is 1. The van der Waals surface area contributed by atoms with Gasteiger partial charge in [-0.05, 0) is 67.4 Å². The van der Waals surface area contributed by atoms with E-state index >= 15 is 0 Å². The molecule has 2 atom stereocenters. The molecule has 0 unspecified atom stereocenters. The molecule has 2 aliphatic rings. The summed E-state index contributed by atoms with van der Waals surface area (Å²) in [4.78, 5) is 65.7. The third kappa shape index (κ3) is 5.32. The highest BCUT2D eigenvalue weighted by Crippen LogP contribution is 2.39. The lowest BCUT2D eigenvalue weighted by Crippen LogP contribution is -2.52. The van der Waals surface area contributed by atoms with Crippen LogP contribution in [0.5, 0.6) is 5.75 Å². The number of benzene rings is 2. The number of rotatable bonds is 7. The number of amides is 3. The van der Waals surface area contributed by atoms with Gasteiger partial charge < -0.3 is 9.15 Å². The number of carbonyl (C=O) groups is 5. The van der Waals surface area contributed by atoms with E-state index in [-0.39, 0.29) is 27.7 Å². The van der Waals surface area contributed by atoms with Crippen LogP contribution in [0.4, 0.5) is 0 Å². The molecule has 0 radical (unpaired) electrons. The Morgan fingerprint density at radius 2 is 1.62 bits per heavy atom. The average Bonchev–Trinajstić information content (AvgIpc) is 3.55. The predicted octanol–water partition coefficient (Wildman–Crippen LogP) is 5.22. The molecule has 2 fully saturated rings. The van der Waals surface area contributed by atoms with E-state index in [1.165, 1.54) is 54.8 Å². The van der Waals surface area contributed by atoms with Gasteiger partial charge in [-0.1, -0.05) is 36.0 Å². The molecule has 5 rings (SSSR count). The molecular weight excluding hydrogens is 547 g/mol. The molecule has 39 heavy (non-hydrogen) atoms. The second-order valence-electron chi connectivity index (χ2n) is 9.29. The highest BCUT2D eigenvalue weighted by Gasteiger charge is 2.52. The molecule has 9 nitrogen and oxygen atoms in total. The lowest BCUT2D eigenvalue weighted by atomic mass is 9.81. The second kappa shape index (κ2) is 11.0. The zero-order chi connectivity index (χ0) is 27.7. The van der Waals surface area contributed by atoms with Crippen molar-refractivity contribution in [1.29, 1.82) is 0 Å². The Labute approximate surface area is 233 Å². The van der Waals surface area contributed by atoms with Gasteiger partial charge in [-0.15, -0.1) is 0 Å². The van der Waals surface area contributed by atoms with Gasteiger partial charge in [0.15, 0.2) is 5.78 Å². The standard InChI is InChI=1S/C28H22Cl2N2O7/c29-17-9-12-21(22(30)14-17)25(34)31(32-26(35)19-4-1-2-5-20(19)27(32)36)15-23(33)16-7-10-18(11-8-16)39-28(37)24-6-3-13-38-24/h3,6-14,19-20H,1-2,4-5,15H2/t19-,20-/m1/s1. The monoisotopic (exact) mass is 568 g/mol. The van der Waals surface area contributed by atoms with Gasteiger partial charge in [0, 0.05) is 10.6 Å². The highest BCUT2D eigenvalue weighted by atomic mass is 35.5. The van der Waals surface area contributed by atoms with Crippen LogP contribution >= 0.6 is 23.2 Å². The largest absolute Gasteiger partial charge is 0.457 e. The second-order valence-corrected chi connectivity index (χ2v) is 10.1. The molecule has 0 spiro atoms. The topological polar surface area (TPSA) is 114 Å². The Hall–Kier alpha value is -3.95. The van der Waals surface area contributed by atoms with Crippen molar-refractivity contribution in [2.75, 3.05) is 6.54 Å². The maximum atomic E-state index is 13.6. The van der Waals surface area contributed by atoms with E-state index in [9.17, 15) is 24.0 Å². The van der Waals surface area contributed by atoms with E-state index < -0.39 is 47.9 Å². The van der Waals surface area contributed by atoms with Crippen LogP contribution in [0.25, 0.3) is 0 Å². The quantitative estimate of drug-likeness (QED) is 0.166. The third-order valence-electron chi connectivity index (χ3n) is 6.86. The van der Waals surface area contributed by atoms with E-state index in [0.29, 0.717) is 17.9 Å². The molecule has 0 bridgehead atoms. The van der Waals surface area contributed by atoms with Crippen molar-refractivity contribution in [3.8, 4) is 5.75 Å². The van der Waals surface area contributed by atoms with Gasteiger partial charge in [-0.25, -0.2) is 9.80 Å². The lowest BCUT2D eigenvalue weighted by Gasteiger charge is -2.30. The number of imide groups is 1. The molecule has 1 aromatic heterocycles. The molecule has 2 aromatic carbocycles. The highest BCUT2D eigenvalue weighted by molar-refractivity contribution is 6.36. The van der Waals surface area contributed by atoms with Gasteiger partial charge >= 0.3 is 5.97 Å². The molecule has 2 heterocycles. The zero-order valence-electron chi connectivity index (χ0n) is 20.5. The van der Waals surface area contributed by atoms with Gasteiger partial charge in [0.05, 0.1) is 28.7 Å². The molecule has 0 N–H and O–H groups in total. The Balaban J connectivity index is 1.40. The summed E-state index contributed by atoms with van der Waals surface area (Å²) < 4.78 is 10.2. The van der Waals surface area contributed by atoms with E-state index in [0.717, 1.165) is 22.9 Å². The molecule has 3 amide bonds. The number of Topliss-reactive ketones (excluding diaryl/α,β-unsaturated/α-hetero) is 1. The Bertz CT molecular complexity index is 1430. The first kappa shape index (κ1) is 26.6. The molecule has 3 aromatic rings. The molecule has 1 saturated heterocycles. The summed E-state index contributed by atoms with van der Waals surface area (Å²) in [5.41, 5.74) is 0.161. The number of nitrogens with zero attached hydrogens (tertiary/aromatic N) is 2. The Morgan fingerprint density at radius 1 is 0.949 bits per heavy atom. The fourth-order valence-electron chi connectivity index (χ4n) is 4.91. The van der Waals surface area contributed by atoms with Crippen LogP contribution in [0, 0.1) is 11.8 Å². The minimum Gasteiger partial charge on any atom is -0.457 e. The summed E-state index contributed by atoms with van der Waals surface area (Å²) in [6.07, 6.45) is 4.04.